The highest BCUT2D eigenvalue weighted by Crippen LogP contribution is 2.25. The fraction of sp³-hybridized carbons (Fsp3) is 0.321. The van der Waals surface area contributed by atoms with Gasteiger partial charge in [0.1, 0.15) is 5.52 Å². The maximum Gasteiger partial charge on any atom is 0.407 e. The van der Waals surface area contributed by atoms with E-state index in [2.05, 4.69) is 44.7 Å². The molecule has 1 amide bonds. The van der Waals surface area contributed by atoms with Gasteiger partial charge in [-0.2, -0.15) is 0 Å². The summed E-state index contributed by atoms with van der Waals surface area (Å²) in [5, 5.41) is 2.83. The zero-order valence-electron chi connectivity index (χ0n) is 21.9. The Balaban J connectivity index is 1.12. The van der Waals surface area contributed by atoms with E-state index in [1.165, 1.54) is 0 Å². The number of unbranched alkanes of at least 4 members (excludes halogenated alkanes) is 1. The minimum absolute atomic E-state index is 0.313. The molecule has 38 heavy (non-hydrogen) atoms. The minimum atomic E-state index is -0.432. The molecule has 0 atom stereocenters. The number of rotatable bonds is 9. The van der Waals surface area contributed by atoms with Gasteiger partial charge in [-0.05, 0) is 56.9 Å². The Morgan fingerprint density at radius 3 is 2.74 bits per heavy atom. The highest BCUT2D eigenvalue weighted by atomic mass is 16.5. The van der Waals surface area contributed by atoms with Gasteiger partial charge in [-0.1, -0.05) is 30.3 Å². The van der Waals surface area contributed by atoms with Gasteiger partial charge in [0, 0.05) is 24.7 Å². The molecule has 0 unspecified atom stereocenters. The Bertz CT molecular complexity index is 1590. The third kappa shape index (κ3) is 5.29. The molecule has 10 nitrogen and oxygen atoms in total. The van der Waals surface area contributed by atoms with Crippen LogP contribution in [0.4, 0.5) is 10.6 Å². The number of benzene rings is 2. The number of alkyl carbamates (subject to hydrolysis) is 1. The molecule has 5 aromatic rings. The van der Waals surface area contributed by atoms with Crippen LogP contribution >= 0.6 is 0 Å². The summed E-state index contributed by atoms with van der Waals surface area (Å²) >= 11 is 0. The number of carbonyl (C=O) groups excluding carboxylic acids is 1. The van der Waals surface area contributed by atoms with Crippen molar-refractivity contribution in [3.8, 4) is 11.4 Å². The van der Waals surface area contributed by atoms with Gasteiger partial charge in [-0.25, -0.2) is 24.7 Å². The number of nitrogens with one attached hydrogen (secondary N) is 1. The van der Waals surface area contributed by atoms with Gasteiger partial charge < -0.3 is 24.9 Å². The number of amides is 1. The number of aromatic nitrogens is 6. The fourth-order valence-corrected chi connectivity index (χ4v) is 4.44. The SMILES string of the molecule is Cc1ccccc1-c1nc(N)c2ncn(CCCCOC(=O)NCc3ccc4ncn(C(C)C)c4c3)c2n1. The molecule has 0 bridgehead atoms. The van der Waals surface area contributed by atoms with Crippen LogP contribution in [0.15, 0.2) is 55.1 Å². The van der Waals surface area contributed by atoms with Crippen molar-refractivity contribution in [3.63, 3.8) is 0 Å². The van der Waals surface area contributed by atoms with E-state index in [4.69, 9.17) is 15.5 Å². The Hall–Kier alpha value is -4.47. The first-order valence-electron chi connectivity index (χ1n) is 12.8. The average molecular weight is 513 g/mol. The molecule has 0 radical (unpaired) electrons. The number of hydrogen-bond acceptors (Lipinski definition) is 7. The van der Waals surface area contributed by atoms with E-state index >= 15 is 0 Å². The van der Waals surface area contributed by atoms with E-state index < -0.39 is 6.09 Å². The second-order valence-electron chi connectivity index (χ2n) is 9.62. The molecule has 5 rings (SSSR count). The standard InChI is InChI=1S/C28H32N8O2/c1-18(2)36-17-31-22-11-10-20(14-23(22)36)15-30-28(37)38-13-7-6-12-35-16-32-24-25(29)33-26(34-27(24)35)21-9-5-4-8-19(21)3/h4-5,8-11,14,16-18H,6-7,12-13,15H2,1-3H3,(H,30,37)(H2,29,33,34). The molecule has 0 aliphatic rings. The lowest BCUT2D eigenvalue weighted by Gasteiger charge is -2.10. The lowest BCUT2D eigenvalue weighted by molar-refractivity contribution is 0.143. The molecule has 3 heterocycles. The van der Waals surface area contributed by atoms with Crippen molar-refractivity contribution in [1.29, 1.82) is 0 Å². The average Bonchev–Trinajstić information content (AvgIpc) is 3.52. The van der Waals surface area contributed by atoms with Crippen LogP contribution in [-0.4, -0.2) is 41.8 Å². The Labute approximate surface area is 220 Å². The van der Waals surface area contributed by atoms with Crippen molar-refractivity contribution in [2.24, 2.45) is 0 Å². The maximum absolute atomic E-state index is 12.2. The lowest BCUT2D eigenvalue weighted by atomic mass is 10.1. The van der Waals surface area contributed by atoms with E-state index in [1.807, 2.05) is 54.2 Å². The zero-order chi connectivity index (χ0) is 26.6. The van der Waals surface area contributed by atoms with Crippen LogP contribution in [0.3, 0.4) is 0 Å². The third-order valence-corrected chi connectivity index (χ3v) is 6.54. The predicted molar refractivity (Wildman–Crippen MR) is 147 cm³/mol. The Morgan fingerprint density at radius 2 is 1.92 bits per heavy atom. The number of aryl methyl sites for hydroxylation is 2. The lowest BCUT2D eigenvalue weighted by Crippen LogP contribution is -2.24. The van der Waals surface area contributed by atoms with Gasteiger partial charge in [0.2, 0.25) is 0 Å². The summed E-state index contributed by atoms with van der Waals surface area (Å²) in [5.41, 5.74) is 12.5. The van der Waals surface area contributed by atoms with Crippen LogP contribution in [0.25, 0.3) is 33.6 Å². The summed E-state index contributed by atoms with van der Waals surface area (Å²) in [6, 6.07) is 14.3. The number of carbonyl (C=O) groups is 1. The minimum Gasteiger partial charge on any atom is -0.450 e. The van der Waals surface area contributed by atoms with E-state index in [9.17, 15) is 4.79 Å². The number of ether oxygens (including phenoxy) is 1. The third-order valence-electron chi connectivity index (χ3n) is 6.54. The van der Waals surface area contributed by atoms with Crippen LogP contribution in [0.1, 0.15) is 43.9 Å². The van der Waals surface area contributed by atoms with Crippen LogP contribution in [-0.2, 0) is 17.8 Å². The van der Waals surface area contributed by atoms with E-state index in [0.29, 0.717) is 55.0 Å². The molecular weight excluding hydrogens is 480 g/mol. The first-order valence-corrected chi connectivity index (χ1v) is 12.8. The van der Waals surface area contributed by atoms with E-state index in [0.717, 1.165) is 34.1 Å². The molecule has 3 N–H and O–H groups in total. The number of nitrogens with two attached hydrogens (primary N) is 1. The molecule has 2 aromatic carbocycles. The monoisotopic (exact) mass is 512 g/mol. The van der Waals surface area contributed by atoms with Gasteiger partial charge in [0.05, 0.1) is 30.3 Å². The molecule has 0 fully saturated rings. The van der Waals surface area contributed by atoms with Gasteiger partial charge >= 0.3 is 6.09 Å². The fourth-order valence-electron chi connectivity index (χ4n) is 4.44. The van der Waals surface area contributed by atoms with Crippen LogP contribution in [0.2, 0.25) is 0 Å². The molecule has 196 valence electrons. The smallest absolute Gasteiger partial charge is 0.407 e. The molecule has 0 saturated carbocycles. The predicted octanol–water partition coefficient (Wildman–Crippen LogP) is 5.02. The molecule has 3 aromatic heterocycles. The molecule has 0 aliphatic carbocycles. The van der Waals surface area contributed by atoms with Crippen molar-refractivity contribution >= 4 is 34.1 Å². The summed E-state index contributed by atoms with van der Waals surface area (Å²) < 4.78 is 9.46. The molecule has 0 aliphatic heterocycles. The number of anilines is 1. The van der Waals surface area contributed by atoms with Gasteiger partial charge in [-0.3, -0.25) is 0 Å². The Kier molecular flexibility index (Phi) is 7.21. The highest BCUT2D eigenvalue weighted by molar-refractivity contribution is 5.84. The normalized spacial score (nSPS) is 11.5. The van der Waals surface area contributed by atoms with Crippen molar-refractivity contribution in [3.05, 3.63) is 66.2 Å². The summed E-state index contributed by atoms with van der Waals surface area (Å²) in [7, 11) is 0. The summed E-state index contributed by atoms with van der Waals surface area (Å²) in [6.07, 6.45) is 4.64. The van der Waals surface area contributed by atoms with E-state index in [1.54, 1.807) is 6.33 Å². The number of fused-ring (bicyclic) bond motifs is 2. The topological polar surface area (TPSA) is 126 Å². The highest BCUT2D eigenvalue weighted by Gasteiger charge is 2.14. The number of nitrogen functional groups attached to an aromatic ring is 1. The molecular formula is C28H32N8O2. The maximum atomic E-state index is 12.2. The van der Waals surface area contributed by atoms with Crippen molar-refractivity contribution < 1.29 is 9.53 Å². The van der Waals surface area contributed by atoms with Gasteiger partial charge in [-0.15, -0.1) is 0 Å². The number of imidazole rings is 2. The van der Waals surface area contributed by atoms with Crippen LogP contribution in [0, 0.1) is 6.92 Å². The van der Waals surface area contributed by atoms with Crippen molar-refractivity contribution in [2.45, 2.75) is 52.7 Å². The molecule has 0 saturated heterocycles. The first-order chi connectivity index (χ1) is 18.4. The summed E-state index contributed by atoms with van der Waals surface area (Å²) in [6.45, 7) is 7.64. The second-order valence-corrected chi connectivity index (χ2v) is 9.62. The molecule has 10 heteroatoms. The Morgan fingerprint density at radius 1 is 1.08 bits per heavy atom. The van der Waals surface area contributed by atoms with Gasteiger partial charge in [0.15, 0.2) is 17.3 Å². The van der Waals surface area contributed by atoms with Crippen LogP contribution in [0.5, 0.6) is 0 Å². The second kappa shape index (κ2) is 10.9. The van der Waals surface area contributed by atoms with Crippen molar-refractivity contribution in [1.82, 2.24) is 34.4 Å². The zero-order valence-corrected chi connectivity index (χ0v) is 21.9. The largest absolute Gasteiger partial charge is 0.450 e. The summed E-state index contributed by atoms with van der Waals surface area (Å²) in [4.78, 5) is 30.2. The first kappa shape index (κ1) is 25.2. The number of hydrogen-bond donors (Lipinski definition) is 2. The number of nitrogens with zero attached hydrogens (tertiary/aromatic N) is 6. The quantitative estimate of drug-likeness (QED) is 0.266. The van der Waals surface area contributed by atoms with E-state index in [-0.39, 0.29) is 0 Å². The molecule has 0 spiro atoms. The van der Waals surface area contributed by atoms with Crippen molar-refractivity contribution in [2.75, 3.05) is 12.3 Å². The summed E-state index contributed by atoms with van der Waals surface area (Å²) in [5.74, 6) is 0.947. The van der Waals surface area contributed by atoms with Crippen LogP contribution < -0.4 is 11.1 Å². The van der Waals surface area contributed by atoms with Gasteiger partial charge in [0.25, 0.3) is 0 Å².